The van der Waals surface area contributed by atoms with E-state index in [9.17, 15) is 17.6 Å². The lowest BCUT2D eigenvalue weighted by molar-refractivity contribution is -0.114. The molecule has 0 spiro atoms. The zero-order valence-corrected chi connectivity index (χ0v) is 21.6. The summed E-state index contributed by atoms with van der Waals surface area (Å²) in [6.45, 7) is -0.132. The van der Waals surface area contributed by atoms with E-state index < -0.39 is 28.3 Å². The van der Waals surface area contributed by atoms with Crippen molar-refractivity contribution in [3.8, 4) is 5.75 Å². The molecule has 0 unspecified atom stereocenters. The number of hydrogen-bond acceptors (Lipinski definition) is 5. The minimum absolute atomic E-state index is 0.00211. The number of sulfonamides is 1. The van der Waals surface area contributed by atoms with Gasteiger partial charge in [0.2, 0.25) is 5.91 Å². The zero-order chi connectivity index (χ0) is 26.3. The molecule has 190 valence electrons. The van der Waals surface area contributed by atoms with Crippen molar-refractivity contribution >= 4 is 39.1 Å². The fourth-order valence-corrected chi connectivity index (χ4v) is 5.35. The van der Waals surface area contributed by atoms with E-state index in [0.29, 0.717) is 18.0 Å². The summed E-state index contributed by atoms with van der Waals surface area (Å²) in [7, 11) is -4.15. The number of carbonyl (C=O) groups is 1. The lowest BCUT2D eigenvalue weighted by Crippen LogP contribution is -2.38. The summed E-state index contributed by atoms with van der Waals surface area (Å²) in [6.07, 6.45) is 1.88. The summed E-state index contributed by atoms with van der Waals surface area (Å²) in [6, 6.07) is 27.9. The molecule has 1 N–H and O–H groups in total. The molecule has 4 rings (SSSR count). The first-order valence-corrected chi connectivity index (χ1v) is 14.0. The molecule has 0 aromatic heterocycles. The number of nitrogens with zero attached hydrogens (tertiary/aromatic N) is 1. The van der Waals surface area contributed by atoms with Gasteiger partial charge in [-0.3, -0.25) is 9.10 Å². The molecule has 0 radical (unpaired) electrons. The lowest BCUT2D eigenvalue weighted by Gasteiger charge is -2.24. The molecular weight excluding hydrogens is 511 g/mol. The number of benzene rings is 4. The molecule has 0 atom stereocenters. The van der Waals surface area contributed by atoms with Crippen LogP contribution < -0.4 is 14.4 Å². The van der Waals surface area contributed by atoms with Gasteiger partial charge in [0, 0.05) is 10.6 Å². The second-order valence-corrected chi connectivity index (χ2v) is 10.8. The quantitative estimate of drug-likeness (QED) is 0.253. The Kier molecular flexibility index (Phi) is 8.47. The Morgan fingerprint density at radius 2 is 1.62 bits per heavy atom. The second kappa shape index (κ2) is 11.9. The van der Waals surface area contributed by atoms with Crippen molar-refractivity contribution in [1.82, 2.24) is 0 Å². The highest BCUT2D eigenvalue weighted by molar-refractivity contribution is 7.98. The first kappa shape index (κ1) is 26.2. The Balaban J connectivity index is 1.49. The van der Waals surface area contributed by atoms with E-state index in [1.807, 2.05) is 36.6 Å². The largest absolute Gasteiger partial charge is 0.489 e. The number of anilines is 2. The molecule has 0 bridgehead atoms. The highest BCUT2D eigenvalue weighted by Gasteiger charge is 2.27. The number of amides is 1. The second-order valence-electron chi connectivity index (χ2n) is 8.01. The van der Waals surface area contributed by atoms with Crippen molar-refractivity contribution in [2.75, 3.05) is 22.4 Å². The number of carbonyl (C=O) groups excluding carboxylic acids is 1. The predicted molar refractivity (Wildman–Crippen MR) is 145 cm³/mol. The SMILES string of the molecule is CSc1ccc(S(=O)(=O)N(CC(=O)Nc2ccc(OCc3ccccc3)cc2)c2cccc(F)c2)cc1. The van der Waals surface area contributed by atoms with Crippen molar-refractivity contribution in [2.24, 2.45) is 0 Å². The summed E-state index contributed by atoms with van der Waals surface area (Å²) in [5, 5.41) is 2.70. The van der Waals surface area contributed by atoms with Gasteiger partial charge in [0.1, 0.15) is 24.7 Å². The van der Waals surface area contributed by atoms with E-state index in [1.54, 1.807) is 36.4 Å². The van der Waals surface area contributed by atoms with Crippen LogP contribution >= 0.6 is 11.8 Å². The fourth-order valence-electron chi connectivity index (χ4n) is 3.53. The van der Waals surface area contributed by atoms with Crippen LogP contribution in [0.15, 0.2) is 113 Å². The Hall–Kier alpha value is -3.82. The maximum absolute atomic E-state index is 14.0. The number of hydrogen-bond donors (Lipinski definition) is 1. The fraction of sp³-hybridized carbons (Fsp3) is 0.107. The standard InChI is InChI=1S/C28H25FN2O4S2/c1-36-26-14-16-27(17-15-26)37(33,34)31(24-9-5-8-22(29)18-24)19-28(32)30-23-10-12-25(13-11-23)35-20-21-6-3-2-4-7-21/h2-18H,19-20H2,1H3,(H,30,32). The van der Waals surface area contributed by atoms with Gasteiger partial charge in [0.05, 0.1) is 10.6 Å². The van der Waals surface area contributed by atoms with Gasteiger partial charge >= 0.3 is 0 Å². The molecule has 0 saturated heterocycles. The van der Waals surface area contributed by atoms with Gasteiger partial charge in [-0.2, -0.15) is 0 Å². The number of nitrogens with one attached hydrogen (secondary N) is 1. The molecule has 6 nitrogen and oxygen atoms in total. The smallest absolute Gasteiger partial charge is 0.264 e. The molecule has 37 heavy (non-hydrogen) atoms. The predicted octanol–water partition coefficient (Wildman–Crippen LogP) is 5.96. The third-order valence-corrected chi connectivity index (χ3v) is 7.95. The Labute approximate surface area is 220 Å². The van der Waals surface area contributed by atoms with Crippen molar-refractivity contribution < 1.29 is 22.3 Å². The average molecular weight is 537 g/mol. The number of rotatable bonds is 10. The van der Waals surface area contributed by atoms with Crippen molar-refractivity contribution in [1.29, 1.82) is 0 Å². The van der Waals surface area contributed by atoms with Gasteiger partial charge in [-0.1, -0.05) is 36.4 Å². The van der Waals surface area contributed by atoms with Crippen LogP contribution in [0.4, 0.5) is 15.8 Å². The van der Waals surface area contributed by atoms with Crippen LogP contribution in [0.2, 0.25) is 0 Å². The molecule has 9 heteroatoms. The van der Waals surface area contributed by atoms with Crippen LogP contribution in [-0.2, 0) is 21.4 Å². The van der Waals surface area contributed by atoms with Crippen molar-refractivity contribution in [2.45, 2.75) is 16.4 Å². The van der Waals surface area contributed by atoms with Gasteiger partial charge in [-0.05, 0) is 78.5 Å². The third-order valence-electron chi connectivity index (χ3n) is 5.42. The molecule has 0 heterocycles. The van der Waals surface area contributed by atoms with Crippen LogP contribution in [0.25, 0.3) is 0 Å². The summed E-state index contributed by atoms with van der Waals surface area (Å²) in [5.74, 6) is -0.562. The minimum atomic E-state index is -4.15. The van der Waals surface area contributed by atoms with Gasteiger partial charge in [-0.25, -0.2) is 12.8 Å². The normalized spacial score (nSPS) is 11.1. The Bertz CT molecular complexity index is 1450. The van der Waals surface area contributed by atoms with E-state index in [4.69, 9.17) is 4.74 Å². The minimum Gasteiger partial charge on any atom is -0.489 e. The monoisotopic (exact) mass is 536 g/mol. The van der Waals surface area contributed by atoms with Gasteiger partial charge < -0.3 is 10.1 Å². The van der Waals surface area contributed by atoms with Crippen LogP contribution in [0.3, 0.4) is 0 Å². The molecule has 4 aromatic carbocycles. The van der Waals surface area contributed by atoms with E-state index in [-0.39, 0.29) is 10.6 Å². The first-order valence-electron chi connectivity index (χ1n) is 11.3. The third kappa shape index (κ3) is 6.90. The average Bonchev–Trinajstić information content (AvgIpc) is 2.92. The Morgan fingerprint density at radius 3 is 2.27 bits per heavy atom. The van der Waals surface area contributed by atoms with E-state index in [2.05, 4.69) is 5.32 Å². The van der Waals surface area contributed by atoms with Crippen LogP contribution in [0, 0.1) is 5.82 Å². The van der Waals surface area contributed by atoms with Gasteiger partial charge in [-0.15, -0.1) is 11.8 Å². The van der Waals surface area contributed by atoms with Crippen LogP contribution in [0.1, 0.15) is 5.56 Å². The molecule has 1 amide bonds. The molecule has 0 aliphatic carbocycles. The van der Waals surface area contributed by atoms with E-state index >= 15 is 0 Å². The van der Waals surface area contributed by atoms with Crippen LogP contribution in [-0.4, -0.2) is 27.1 Å². The molecular formula is C28H25FN2O4S2. The molecule has 4 aromatic rings. The zero-order valence-electron chi connectivity index (χ0n) is 20.0. The van der Waals surface area contributed by atoms with E-state index in [1.165, 1.54) is 42.1 Å². The van der Waals surface area contributed by atoms with Crippen LogP contribution in [0.5, 0.6) is 5.75 Å². The van der Waals surface area contributed by atoms with Crippen molar-refractivity contribution in [3.05, 3.63) is 115 Å². The van der Waals surface area contributed by atoms with Gasteiger partial charge in [0.25, 0.3) is 10.0 Å². The van der Waals surface area contributed by atoms with Crippen molar-refractivity contribution in [3.63, 3.8) is 0 Å². The Morgan fingerprint density at radius 1 is 0.919 bits per heavy atom. The molecule has 0 aliphatic heterocycles. The summed E-state index contributed by atoms with van der Waals surface area (Å²) in [4.78, 5) is 13.8. The molecule has 0 aliphatic rings. The van der Waals surface area contributed by atoms with Gasteiger partial charge in [0.15, 0.2) is 0 Å². The summed E-state index contributed by atoms with van der Waals surface area (Å²) < 4.78 is 47.6. The maximum Gasteiger partial charge on any atom is 0.264 e. The molecule has 0 saturated carbocycles. The number of thioether (sulfide) groups is 1. The lowest BCUT2D eigenvalue weighted by atomic mass is 10.2. The topological polar surface area (TPSA) is 75.7 Å². The number of ether oxygens (including phenoxy) is 1. The highest BCUT2D eigenvalue weighted by atomic mass is 32.2. The first-order chi connectivity index (χ1) is 17.8. The van der Waals surface area contributed by atoms with E-state index in [0.717, 1.165) is 20.8 Å². The highest BCUT2D eigenvalue weighted by Crippen LogP contribution is 2.26. The summed E-state index contributed by atoms with van der Waals surface area (Å²) >= 11 is 1.48. The number of halogens is 1. The molecule has 0 fully saturated rings. The maximum atomic E-state index is 14.0. The summed E-state index contributed by atoms with van der Waals surface area (Å²) in [5.41, 5.74) is 1.55.